The molecule has 0 unspecified atom stereocenters. The molecule has 0 fully saturated rings. The summed E-state index contributed by atoms with van der Waals surface area (Å²) in [6, 6.07) is 7.62. The maximum Gasteiger partial charge on any atom is 0.416 e. The lowest BCUT2D eigenvalue weighted by Crippen LogP contribution is -2.32. The minimum Gasteiger partial charge on any atom is -0.385 e. The number of nitrogens with zero attached hydrogens (tertiary/aromatic N) is 5. The van der Waals surface area contributed by atoms with E-state index >= 15 is 0 Å². The Bertz CT molecular complexity index is 1150. The molecule has 1 N–H and O–H groups in total. The van der Waals surface area contributed by atoms with Crippen LogP contribution in [0.1, 0.15) is 52.3 Å². The van der Waals surface area contributed by atoms with E-state index in [0.29, 0.717) is 36.7 Å². The predicted molar refractivity (Wildman–Crippen MR) is 123 cm³/mol. The third-order valence-corrected chi connectivity index (χ3v) is 5.96. The Balaban J connectivity index is 1.86. The number of benzene rings is 2. The normalized spacial score (nSPS) is 16.2. The number of rotatable bonds is 4. The topological polar surface area (TPSA) is 58.9 Å². The van der Waals surface area contributed by atoms with E-state index in [1.165, 1.54) is 11.7 Å². The lowest BCUT2D eigenvalue weighted by Gasteiger charge is -2.32. The zero-order valence-corrected chi connectivity index (χ0v) is 19.2. The summed E-state index contributed by atoms with van der Waals surface area (Å²) in [5, 5.41) is 15.8. The molecule has 0 saturated carbocycles. The number of nitrogens with one attached hydrogen (secondary N) is 1. The molecule has 4 rings (SSSR count). The van der Waals surface area contributed by atoms with E-state index < -0.39 is 11.7 Å². The molecule has 2 heterocycles. The first-order valence-corrected chi connectivity index (χ1v) is 10.9. The number of alkyl halides is 3. The molecule has 1 atom stereocenters. The molecule has 0 aliphatic carbocycles. The minimum atomic E-state index is -4.53. The molecule has 0 amide bonds. The molecule has 2 aromatic carbocycles. The van der Waals surface area contributed by atoms with Crippen molar-refractivity contribution < 1.29 is 13.2 Å². The van der Waals surface area contributed by atoms with E-state index in [0.717, 1.165) is 23.1 Å². The van der Waals surface area contributed by atoms with Crippen LogP contribution in [0, 0.1) is 20.8 Å². The second kappa shape index (κ2) is 8.72. The number of anilines is 2. The van der Waals surface area contributed by atoms with Crippen LogP contribution in [0.25, 0.3) is 0 Å². The molecule has 6 nitrogen and oxygen atoms in total. The van der Waals surface area contributed by atoms with Gasteiger partial charge in [-0.05, 0) is 55.5 Å². The molecule has 172 valence electrons. The second-order valence-corrected chi connectivity index (χ2v) is 8.73. The zero-order valence-electron chi connectivity index (χ0n) is 19.2. The van der Waals surface area contributed by atoms with E-state index in [1.54, 1.807) is 13.1 Å². The van der Waals surface area contributed by atoms with Gasteiger partial charge < -0.3 is 10.2 Å². The quantitative estimate of drug-likeness (QED) is 0.607. The lowest BCUT2D eigenvalue weighted by molar-refractivity contribution is -0.137. The summed E-state index contributed by atoms with van der Waals surface area (Å²) in [4.78, 5) is 3.39. The van der Waals surface area contributed by atoms with Crippen LogP contribution in [0.4, 0.5) is 24.8 Å². The first-order chi connectivity index (χ1) is 15.5. The summed E-state index contributed by atoms with van der Waals surface area (Å²) < 4.78 is 41.2. The number of aromatic nitrogens is 4. The summed E-state index contributed by atoms with van der Waals surface area (Å²) in [5.74, 6) is 0.422. The number of halogens is 3. The van der Waals surface area contributed by atoms with Crippen molar-refractivity contribution in [1.29, 1.82) is 0 Å². The SMILES string of the molecule is [B]c1c2c(cc(C)c1C(F)(F)F)[C@@H](N(Cc1cc(C)cc(C)c1)c1nnn(C)n1)CCCN2. The standard InChI is InChI=1S/C23H26BF3N6/c1-13-8-14(2)10-16(9-13)12-33(22-29-31-32(4)30-22)18-6-5-7-28-21-17(18)11-15(3)19(20(21)24)23(25,26)27/h8-11,18,28H,5-7,12H2,1-4H3/t18-/m0/s1. The van der Waals surface area contributed by atoms with E-state index in [9.17, 15) is 13.2 Å². The molecule has 1 aliphatic rings. The van der Waals surface area contributed by atoms with E-state index in [-0.39, 0.29) is 17.1 Å². The van der Waals surface area contributed by atoms with Crippen LogP contribution >= 0.6 is 0 Å². The Morgan fingerprint density at radius 2 is 1.85 bits per heavy atom. The Hall–Kier alpha value is -3.04. The van der Waals surface area contributed by atoms with Crippen LogP contribution in [0.2, 0.25) is 0 Å². The third kappa shape index (κ3) is 4.70. The summed E-state index contributed by atoms with van der Waals surface area (Å²) in [5.41, 5.74) is 3.44. The lowest BCUT2D eigenvalue weighted by atomic mass is 9.81. The molecule has 0 saturated heterocycles. The zero-order chi connectivity index (χ0) is 23.9. The van der Waals surface area contributed by atoms with Crippen molar-refractivity contribution >= 4 is 24.9 Å². The van der Waals surface area contributed by atoms with E-state index in [1.807, 2.05) is 18.7 Å². The largest absolute Gasteiger partial charge is 0.416 e. The molecular formula is C23H26BF3N6. The highest BCUT2D eigenvalue weighted by Crippen LogP contribution is 2.40. The minimum absolute atomic E-state index is 0.103. The Morgan fingerprint density at radius 1 is 1.15 bits per heavy atom. The van der Waals surface area contributed by atoms with Crippen molar-refractivity contribution in [2.24, 2.45) is 7.05 Å². The van der Waals surface area contributed by atoms with Gasteiger partial charge in [-0.3, -0.25) is 0 Å². The smallest absolute Gasteiger partial charge is 0.385 e. The van der Waals surface area contributed by atoms with Crippen molar-refractivity contribution in [2.75, 3.05) is 16.8 Å². The van der Waals surface area contributed by atoms with Gasteiger partial charge in [0.1, 0.15) is 7.85 Å². The van der Waals surface area contributed by atoms with Gasteiger partial charge in [0.2, 0.25) is 0 Å². The maximum atomic E-state index is 13.7. The monoisotopic (exact) mass is 454 g/mol. The van der Waals surface area contributed by atoms with Gasteiger partial charge in [-0.1, -0.05) is 46.0 Å². The van der Waals surface area contributed by atoms with Crippen molar-refractivity contribution in [3.8, 4) is 0 Å². The maximum absolute atomic E-state index is 13.7. The molecule has 2 radical (unpaired) electrons. The Kier molecular flexibility index (Phi) is 6.11. The molecule has 10 heteroatoms. The second-order valence-electron chi connectivity index (χ2n) is 8.73. The van der Waals surface area contributed by atoms with Crippen molar-refractivity contribution in [3.05, 3.63) is 57.6 Å². The molecule has 33 heavy (non-hydrogen) atoms. The summed E-state index contributed by atoms with van der Waals surface area (Å²) in [7, 11) is 7.80. The van der Waals surface area contributed by atoms with Crippen LogP contribution in [0.15, 0.2) is 24.3 Å². The summed E-state index contributed by atoms with van der Waals surface area (Å²) in [6.45, 7) is 6.54. The molecule has 0 spiro atoms. The van der Waals surface area contributed by atoms with Gasteiger partial charge in [0, 0.05) is 18.8 Å². The van der Waals surface area contributed by atoms with Gasteiger partial charge in [-0.25, -0.2) is 0 Å². The first-order valence-electron chi connectivity index (χ1n) is 10.9. The fraction of sp³-hybridized carbons (Fsp3) is 0.435. The molecule has 1 aromatic heterocycles. The van der Waals surface area contributed by atoms with E-state index in [2.05, 4.69) is 38.9 Å². The number of fused-ring (bicyclic) bond motifs is 1. The first kappa shape index (κ1) is 23.1. The number of tetrazole rings is 1. The average molecular weight is 454 g/mol. The van der Waals surface area contributed by atoms with Crippen LogP contribution < -0.4 is 15.7 Å². The number of hydrogen-bond donors (Lipinski definition) is 1. The summed E-state index contributed by atoms with van der Waals surface area (Å²) >= 11 is 0. The van der Waals surface area contributed by atoms with Crippen LogP contribution in [-0.4, -0.2) is 34.6 Å². The highest BCUT2D eigenvalue weighted by Gasteiger charge is 2.37. The van der Waals surface area contributed by atoms with Crippen molar-refractivity contribution in [1.82, 2.24) is 20.2 Å². The highest BCUT2D eigenvalue weighted by atomic mass is 19.4. The predicted octanol–water partition coefficient (Wildman–Crippen LogP) is 3.90. The molecule has 3 aromatic rings. The molecule has 0 bridgehead atoms. The van der Waals surface area contributed by atoms with Gasteiger partial charge in [-0.15, -0.1) is 5.10 Å². The van der Waals surface area contributed by atoms with Crippen molar-refractivity contribution in [3.63, 3.8) is 0 Å². The van der Waals surface area contributed by atoms with Gasteiger partial charge in [0.25, 0.3) is 5.95 Å². The fourth-order valence-electron chi connectivity index (χ4n) is 4.76. The van der Waals surface area contributed by atoms with Gasteiger partial charge in [0.15, 0.2) is 0 Å². The fourth-order valence-corrected chi connectivity index (χ4v) is 4.76. The average Bonchev–Trinajstić information content (AvgIpc) is 3.00. The summed E-state index contributed by atoms with van der Waals surface area (Å²) in [6.07, 6.45) is -3.08. The number of hydrogen-bond acceptors (Lipinski definition) is 5. The Morgan fingerprint density at radius 3 is 2.45 bits per heavy atom. The number of aryl methyl sites for hydroxylation is 4. The van der Waals surface area contributed by atoms with Crippen molar-refractivity contribution in [2.45, 2.75) is 52.4 Å². The van der Waals surface area contributed by atoms with Gasteiger partial charge >= 0.3 is 6.18 Å². The highest BCUT2D eigenvalue weighted by molar-refractivity contribution is 6.37. The Labute approximate surface area is 192 Å². The van der Waals surface area contributed by atoms with Crippen LogP contribution in [-0.2, 0) is 19.8 Å². The molecular weight excluding hydrogens is 428 g/mol. The van der Waals surface area contributed by atoms with Crippen LogP contribution in [0.5, 0.6) is 0 Å². The van der Waals surface area contributed by atoms with Gasteiger partial charge in [0.05, 0.1) is 18.7 Å². The van der Waals surface area contributed by atoms with Crippen LogP contribution in [0.3, 0.4) is 0 Å². The molecule has 1 aliphatic heterocycles. The van der Waals surface area contributed by atoms with Gasteiger partial charge in [-0.2, -0.15) is 18.0 Å². The van der Waals surface area contributed by atoms with E-state index in [4.69, 9.17) is 7.85 Å². The third-order valence-electron chi connectivity index (χ3n) is 5.96.